The molecule has 0 amide bonds. The van der Waals surface area contributed by atoms with Crippen LogP contribution in [0.2, 0.25) is 0 Å². The largest absolute Gasteiger partial charge is 0.228 e. The predicted molar refractivity (Wildman–Crippen MR) is 537 cm³/mol. The van der Waals surface area contributed by atoms with Gasteiger partial charge in [-0.15, -0.1) is 0 Å². The summed E-state index contributed by atoms with van der Waals surface area (Å²) in [5.74, 6) is 2.20. The fourth-order valence-corrected chi connectivity index (χ4v) is 20.2. The first-order valence-corrected chi connectivity index (χ1v) is 44.5. The molecule has 612 valence electrons. The van der Waals surface area contributed by atoms with Crippen molar-refractivity contribution in [2.24, 2.45) is 0 Å². The Hall–Kier alpha value is -16.0. The van der Waals surface area contributed by atoms with Gasteiger partial charge in [-0.25, -0.2) is 29.9 Å². The average molecular weight is 1650 g/mol. The van der Waals surface area contributed by atoms with Gasteiger partial charge in [0.1, 0.15) is 0 Å². The smallest absolute Gasteiger partial charge is 0.161 e. The second-order valence-electron chi connectivity index (χ2n) is 35.6. The minimum Gasteiger partial charge on any atom is -0.228 e. The summed E-state index contributed by atoms with van der Waals surface area (Å²) in [6, 6.07) is 155. The van der Waals surface area contributed by atoms with E-state index in [0.29, 0.717) is 0 Å². The number of hydrogen-bond donors (Lipinski definition) is 0. The maximum atomic E-state index is 5.21. The average Bonchev–Trinajstić information content (AvgIpc) is 1.57. The van der Waals surface area contributed by atoms with Crippen LogP contribution in [0.5, 0.6) is 0 Å². The van der Waals surface area contributed by atoms with Gasteiger partial charge < -0.3 is 0 Å². The molecule has 0 fully saturated rings. The van der Waals surface area contributed by atoms with Crippen molar-refractivity contribution >= 4 is 32.3 Å². The van der Waals surface area contributed by atoms with E-state index in [1.807, 2.05) is 36.4 Å². The molecule has 3 heterocycles. The van der Waals surface area contributed by atoms with Gasteiger partial charge in [-0.2, -0.15) is 0 Å². The van der Waals surface area contributed by atoms with Gasteiger partial charge in [-0.05, 0) is 163 Å². The van der Waals surface area contributed by atoms with E-state index in [0.717, 1.165) is 102 Å². The second kappa shape index (κ2) is 32.5. The Morgan fingerprint density at radius 3 is 0.791 bits per heavy atom. The number of fused-ring (bicyclic) bond motifs is 15. The Bertz CT molecular complexity index is 7800. The molecular weight excluding hydrogens is 1560 g/mol. The molecule has 0 saturated heterocycles. The summed E-state index contributed by atoms with van der Waals surface area (Å²) in [5.41, 5.74) is 38.2. The molecule has 0 atom stereocenters. The van der Waals surface area contributed by atoms with Crippen molar-refractivity contribution in [3.8, 4) is 168 Å². The molecule has 24 rings (SSSR count). The number of rotatable bonds is 12. The van der Waals surface area contributed by atoms with E-state index in [-0.39, 0.29) is 16.2 Å². The van der Waals surface area contributed by atoms with E-state index in [1.54, 1.807) is 0 Å². The fourth-order valence-electron chi connectivity index (χ4n) is 20.2. The molecule has 3 aromatic heterocycles. The Morgan fingerprint density at radius 1 is 0.147 bits per heavy atom. The number of nitrogens with zero attached hydrogens (tertiary/aromatic N) is 6. The van der Waals surface area contributed by atoms with Gasteiger partial charge in [-0.1, -0.05) is 448 Å². The SMILES string of the molecule is CC1(C)c2ccccc2-c2ccc3c(-c4nc(-c5ccccc5)cc(-c5ccc(-c6ccccc6)cc5)n4)cccc3c21.CC1(C)c2ccccc2-c2ccc3cc(-c4nc(-c5ccccc5)cc(-c5ccc(-c6ccccc6)cc5)n4)ccc3c21.CC1(C)c2ccccc2-c2ccc3ccc(-c4nc(-c5ccccc5)cc(-c5ccc(-c6ccccc6)cc5)n4)cc3c21. The standard InChI is InChI=1S/3C41H30N2/c1-41(2)36-19-10-9-16-32(36)34-25-24-31-33(39(34)41)17-11-18-35(31)40-42-37(29-14-7-4-8-15-29)26-38(43-40)30-22-20-28(21-23-30)27-12-5-3-6-13-27;1-41(2)36-16-10-9-15-33(36)34-24-23-29-19-22-32(25-35(29)39(34)41)40-42-37(30-13-7-4-8-14-30)26-38(43-40)31-20-17-28(18-21-31)27-11-5-3-6-12-27;1-41(2)36-16-10-9-15-34(36)35-24-21-31-25-32(22-23-33(31)39(35)41)40-42-37(29-13-7-4-8-14-29)26-38(43-40)30-19-17-28(18-20-30)27-11-5-3-6-12-27/h3*3-26H,1-2H3. The van der Waals surface area contributed by atoms with Crippen LogP contribution in [0.3, 0.4) is 0 Å². The highest BCUT2D eigenvalue weighted by Gasteiger charge is 2.40. The summed E-state index contributed by atoms with van der Waals surface area (Å²) >= 11 is 0. The van der Waals surface area contributed by atoms with Crippen LogP contribution >= 0.6 is 0 Å². The summed E-state index contributed by atoms with van der Waals surface area (Å²) in [5, 5.41) is 7.44. The topological polar surface area (TPSA) is 77.3 Å². The first-order chi connectivity index (χ1) is 63.2. The van der Waals surface area contributed by atoms with Gasteiger partial charge in [0.25, 0.3) is 0 Å². The molecule has 6 nitrogen and oxygen atoms in total. The first-order valence-electron chi connectivity index (χ1n) is 44.5. The van der Waals surface area contributed by atoms with Crippen molar-refractivity contribution in [3.63, 3.8) is 0 Å². The summed E-state index contributed by atoms with van der Waals surface area (Å²) in [4.78, 5) is 30.9. The third kappa shape index (κ3) is 14.5. The Balaban J connectivity index is 0.000000114. The molecule has 0 saturated carbocycles. The molecule has 18 aromatic carbocycles. The summed E-state index contributed by atoms with van der Waals surface area (Å²) < 4.78 is 0. The summed E-state index contributed by atoms with van der Waals surface area (Å²) in [6.07, 6.45) is 0. The van der Waals surface area contributed by atoms with Crippen LogP contribution in [-0.2, 0) is 16.2 Å². The molecule has 0 aliphatic heterocycles. The van der Waals surface area contributed by atoms with Crippen molar-refractivity contribution in [1.29, 1.82) is 0 Å². The highest BCUT2D eigenvalue weighted by molar-refractivity contribution is 6.05. The Labute approximate surface area is 753 Å². The van der Waals surface area contributed by atoms with Crippen molar-refractivity contribution in [3.05, 3.63) is 470 Å². The predicted octanol–water partition coefficient (Wildman–Crippen LogP) is 31.8. The molecule has 21 aromatic rings. The van der Waals surface area contributed by atoms with Gasteiger partial charge >= 0.3 is 0 Å². The van der Waals surface area contributed by atoms with E-state index in [2.05, 4.69) is 442 Å². The molecular formula is C123H90N6. The second-order valence-corrected chi connectivity index (χ2v) is 35.6. The molecule has 0 spiro atoms. The zero-order chi connectivity index (χ0) is 86.9. The quantitative estimate of drug-likeness (QED) is 0.121. The van der Waals surface area contributed by atoms with Gasteiger partial charge in [0.15, 0.2) is 17.5 Å². The number of aromatic nitrogens is 6. The summed E-state index contributed by atoms with van der Waals surface area (Å²) in [6.45, 7) is 14.0. The molecule has 6 heteroatoms. The Kier molecular flexibility index (Phi) is 19.9. The van der Waals surface area contributed by atoms with Crippen LogP contribution in [-0.4, -0.2) is 29.9 Å². The highest BCUT2D eigenvalue weighted by atomic mass is 14.9. The lowest BCUT2D eigenvalue weighted by Gasteiger charge is -2.23. The fraction of sp³-hybridized carbons (Fsp3) is 0.0732. The first kappa shape index (κ1) is 78.9. The molecule has 0 bridgehead atoms. The van der Waals surface area contributed by atoms with E-state index in [9.17, 15) is 0 Å². The van der Waals surface area contributed by atoms with Gasteiger partial charge in [-0.3, -0.25) is 0 Å². The van der Waals surface area contributed by atoms with E-state index < -0.39 is 0 Å². The van der Waals surface area contributed by atoms with Crippen LogP contribution in [0, 0.1) is 0 Å². The minimum atomic E-state index is -0.0948. The van der Waals surface area contributed by atoms with E-state index in [4.69, 9.17) is 29.9 Å². The molecule has 0 N–H and O–H groups in total. The maximum Gasteiger partial charge on any atom is 0.161 e. The third-order valence-electron chi connectivity index (χ3n) is 26.7. The van der Waals surface area contributed by atoms with E-state index in [1.165, 1.54) is 132 Å². The monoisotopic (exact) mass is 1650 g/mol. The minimum absolute atomic E-state index is 0.0598. The van der Waals surface area contributed by atoms with E-state index >= 15 is 0 Å². The van der Waals surface area contributed by atoms with Crippen LogP contribution in [0.1, 0.15) is 74.9 Å². The van der Waals surface area contributed by atoms with Crippen LogP contribution < -0.4 is 0 Å². The maximum absolute atomic E-state index is 5.21. The zero-order valence-electron chi connectivity index (χ0n) is 72.8. The Morgan fingerprint density at radius 2 is 0.403 bits per heavy atom. The lowest BCUT2D eigenvalue weighted by atomic mass is 9.80. The summed E-state index contributed by atoms with van der Waals surface area (Å²) in [7, 11) is 0. The molecule has 3 aliphatic rings. The molecule has 3 aliphatic carbocycles. The molecule has 0 unspecified atom stereocenters. The van der Waals surface area contributed by atoms with Crippen LogP contribution in [0.4, 0.5) is 0 Å². The van der Waals surface area contributed by atoms with Crippen molar-refractivity contribution in [2.75, 3.05) is 0 Å². The number of benzene rings is 18. The number of hydrogen-bond acceptors (Lipinski definition) is 6. The van der Waals surface area contributed by atoms with Gasteiger partial charge in [0.05, 0.1) is 34.2 Å². The van der Waals surface area contributed by atoms with Crippen LogP contribution in [0.15, 0.2) is 437 Å². The highest BCUT2D eigenvalue weighted by Crippen LogP contribution is 2.55. The lowest BCUT2D eigenvalue weighted by molar-refractivity contribution is 0.666. The molecule has 0 radical (unpaired) electrons. The van der Waals surface area contributed by atoms with Crippen molar-refractivity contribution in [2.45, 2.75) is 57.8 Å². The van der Waals surface area contributed by atoms with Gasteiger partial charge in [0.2, 0.25) is 0 Å². The third-order valence-corrected chi connectivity index (χ3v) is 26.7. The van der Waals surface area contributed by atoms with Crippen molar-refractivity contribution < 1.29 is 0 Å². The van der Waals surface area contributed by atoms with Crippen molar-refractivity contribution in [1.82, 2.24) is 29.9 Å². The normalized spacial score (nSPS) is 13.1. The zero-order valence-corrected chi connectivity index (χ0v) is 72.8. The van der Waals surface area contributed by atoms with Gasteiger partial charge in [0, 0.05) is 66.3 Å². The lowest BCUT2D eigenvalue weighted by Crippen LogP contribution is -2.15. The van der Waals surface area contributed by atoms with Crippen LogP contribution in [0.25, 0.3) is 201 Å². The molecule has 129 heavy (non-hydrogen) atoms.